The molecule has 2 bridgehead atoms. The summed E-state index contributed by atoms with van der Waals surface area (Å²) >= 11 is 1.54. The molecule has 3 aliphatic heterocycles. The molecule has 3 fully saturated rings. The van der Waals surface area contributed by atoms with E-state index in [9.17, 15) is 0 Å². The summed E-state index contributed by atoms with van der Waals surface area (Å²) in [4.78, 5) is 2.49. The molecule has 0 radical (unpaired) electrons. The Hall–Kier alpha value is -1.46. The SMILES string of the molecule is c1ccc(-c2nnc(OC3CN4CCC3CC4)s2)cc1. The maximum atomic E-state index is 6.09. The van der Waals surface area contributed by atoms with Crippen LogP contribution in [0.25, 0.3) is 10.6 Å². The summed E-state index contributed by atoms with van der Waals surface area (Å²) in [7, 11) is 0. The van der Waals surface area contributed by atoms with Crippen LogP contribution in [0.5, 0.6) is 5.19 Å². The van der Waals surface area contributed by atoms with Crippen LogP contribution in [0.15, 0.2) is 30.3 Å². The summed E-state index contributed by atoms with van der Waals surface area (Å²) in [5.74, 6) is 0.698. The Morgan fingerprint density at radius 3 is 2.60 bits per heavy atom. The Bertz CT molecular complexity index is 578. The lowest BCUT2D eigenvalue weighted by atomic mass is 9.86. The smallest absolute Gasteiger partial charge is 0.294 e. The van der Waals surface area contributed by atoms with Gasteiger partial charge in [-0.25, -0.2) is 0 Å². The van der Waals surface area contributed by atoms with Gasteiger partial charge < -0.3 is 4.74 Å². The zero-order valence-corrected chi connectivity index (χ0v) is 12.1. The monoisotopic (exact) mass is 287 g/mol. The van der Waals surface area contributed by atoms with E-state index in [1.165, 1.54) is 25.9 Å². The van der Waals surface area contributed by atoms with E-state index in [1.807, 2.05) is 18.2 Å². The maximum Gasteiger partial charge on any atom is 0.294 e. The van der Waals surface area contributed by atoms with Gasteiger partial charge >= 0.3 is 0 Å². The van der Waals surface area contributed by atoms with Crippen LogP contribution >= 0.6 is 11.3 Å². The van der Waals surface area contributed by atoms with E-state index >= 15 is 0 Å². The van der Waals surface area contributed by atoms with Gasteiger partial charge in [0.2, 0.25) is 0 Å². The van der Waals surface area contributed by atoms with Gasteiger partial charge in [0.25, 0.3) is 5.19 Å². The molecule has 0 N–H and O–H groups in total. The number of ether oxygens (including phenoxy) is 1. The third-order valence-electron chi connectivity index (χ3n) is 4.28. The lowest BCUT2D eigenvalue weighted by Crippen LogP contribution is -2.52. The third kappa shape index (κ3) is 2.31. The molecule has 3 aliphatic rings. The lowest BCUT2D eigenvalue weighted by Gasteiger charge is -2.43. The van der Waals surface area contributed by atoms with Gasteiger partial charge in [-0.05, 0) is 31.8 Å². The van der Waals surface area contributed by atoms with E-state index in [-0.39, 0.29) is 0 Å². The van der Waals surface area contributed by atoms with Crippen molar-refractivity contribution in [2.24, 2.45) is 5.92 Å². The molecule has 1 aromatic carbocycles. The van der Waals surface area contributed by atoms with Crippen LogP contribution in [0.3, 0.4) is 0 Å². The Labute approximate surface area is 122 Å². The summed E-state index contributed by atoms with van der Waals surface area (Å²) < 4.78 is 6.09. The van der Waals surface area contributed by atoms with E-state index in [1.54, 1.807) is 11.3 Å². The number of piperidine rings is 3. The molecule has 5 rings (SSSR count). The van der Waals surface area contributed by atoms with Crippen molar-refractivity contribution in [2.75, 3.05) is 19.6 Å². The molecule has 1 atom stereocenters. The Kier molecular flexibility index (Phi) is 3.16. The Morgan fingerprint density at radius 1 is 1.10 bits per heavy atom. The van der Waals surface area contributed by atoms with Crippen molar-refractivity contribution >= 4 is 11.3 Å². The highest BCUT2D eigenvalue weighted by molar-refractivity contribution is 7.16. The summed E-state index contributed by atoms with van der Waals surface area (Å²) in [6, 6.07) is 10.2. The van der Waals surface area contributed by atoms with Crippen LogP contribution in [0.2, 0.25) is 0 Å². The fourth-order valence-corrected chi connectivity index (χ4v) is 3.88. The quantitative estimate of drug-likeness (QED) is 0.870. The molecule has 0 amide bonds. The first kappa shape index (κ1) is 12.3. The van der Waals surface area contributed by atoms with Gasteiger partial charge in [0.1, 0.15) is 6.10 Å². The van der Waals surface area contributed by atoms with E-state index in [0.717, 1.165) is 17.1 Å². The molecule has 1 unspecified atom stereocenters. The summed E-state index contributed by atoms with van der Waals surface area (Å²) in [6.07, 6.45) is 2.82. The minimum Gasteiger partial charge on any atom is -0.464 e. The molecule has 4 heterocycles. The highest BCUT2D eigenvalue weighted by atomic mass is 32.1. The Morgan fingerprint density at radius 2 is 1.90 bits per heavy atom. The number of rotatable bonds is 3. The number of nitrogens with zero attached hydrogens (tertiary/aromatic N) is 3. The normalized spacial score (nSPS) is 28.5. The number of hydrogen-bond donors (Lipinski definition) is 0. The first-order valence-corrected chi connectivity index (χ1v) is 7.98. The number of fused-ring (bicyclic) bond motifs is 3. The largest absolute Gasteiger partial charge is 0.464 e. The zero-order chi connectivity index (χ0) is 13.4. The highest BCUT2D eigenvalue weighted by Gasteiger charge is 2.36. The standard InChI is InChI=1S/C15H17N3OS/c1-2-4-12(5-3-1)14-16-17-15(20-14)19-13-10-18-8-6-11(13)7-9-18/h1-5,11,13H,6-10H2. The van der Waals surface area contributed by atoms with Gasteiger partial charge in [-0.3, -0.25) is 4.90 Å². The highest BCUT2D eigenvalue weighted by Crippen LogP contribution is 2.33. The van der Waals surface area contributed by atoms with Crippen molar-refractivity contribution in [2.45, 2.75) is 18.9 Å². The van der Waals surface area contributed by atoms with Gasteiger partial charge in [-0.1, -0.05) is 46.8 Å². The first-order chi connectivity index (χ1) is 9.88. The maximum absolute atomic E-state index is 6.09. The molecule has 5 heteroatoms. The van der Waals surface area contributed by atoms with E-state index < -0.39 is 0 Å². The number of benzene rings is 1. The molecule has 0 spiro atoms. The second-order valence-electron chi connectivity index (χ2n) is 5.53. The molecule has 104 valence electrons. The van der Waals surface area contributed by atoms with Crippen molar-refractivity contribution in [3.63, 3.8) is 0 Å². The van der Waals surface area contributed by atoms with Crippen LogP contribution in [0.1, 0.15) is 12.8 Å². The topological polar surface area (TPSA) is 38.3 Å². The average molecular weight is 287 g/mol. The van der Waals surface area contributed by atoms with Crippen molar-refractivity contribution in [3.8, 4) is 15.8 Å². The van der Waals surface area contributed by atoms with Crippen LogP contribution in [-0.2, 0) is 0 Å². The molecule has 0 saturated carbocycles. The molecular weight excluding hydrogens is 270 g/mol. The predicted octanol–water partition coefficient (Wildman–Crippen LogP) is 2.68. The summed E-state index contributed by atoms with van der Waals surface area (Å²) in [5, 5.41) is 10.1. The number of hydrogen-bond acceptors (Lipinski definition) is 5. The minimum absolute atomic E-state index is 0.300. The second kappa shape index (κ2) is 5.14. The van der Waals surface area contributed by atoms with Crippen LogP contribution in [-0.4, -0.2) is 40.8 Å². The van der Waals surface area contributed by atoms with Crippen molar-refractivity contribution in [1.82, 2.24) is 15.1 Å². The fourth-order valence-electron chi connectivity index (χ4n) is 3.13. The molecule has 3 saturated heterocycles. The predicted molar refractivity (Wildman–Crippen MR) is 78.9 cm³/mol. The average Bonchev–Trinajstić information content (AvgIpc) is 2.98. The van der Waals surface area contributed by atoms with Crippen LogP contribution in [0, 0.1) is 5.92 Å². The molecular formula is C15H17N3OS. The summed E-state index contributed by atoms with van der Waals surface area (Å²) in [5.41, 5.74) is 1.11. The van der Waals surface area contributed by atoms with Gasteiger partial charge in [-0.15, -0.1) is 5.10 Å². The molecule has 20 heavy (non-hydrogen) atoms. The van der Waals surface area contributed by atoms with Gasteiger partial charge in [-0.2, -0.15) is 0 Å². The van der Waals surface area contributed by atoms with Gasteiger partial charge in [0, 0.05) is 12.1 Å². The van der Waals surface area contributed by atoms with E-state index in [2.05, 4.69) is 27.2 Å². The van der Waals surface area contributed by atoms with Gasteiger partial charge in [0.15, 0.2) is 5.01 Å². The fraction of sp³-hybridized carbons (Fsp3) is 0.467. The van der Waals surface area contributed by atoms with Crippen molar-refractivity contribution in [1.29, 1.82) is 0 Å². The molecule has 1 aromatic heterocycles. The summed E-state index contributed by atoms with van der Waals surface area (Å²) in [6.45, 7) is 3.51. The Balaban J connectivity index is 1.49. The van der Waals surface area contributed by atoms with Crippen molar-refractivity contribution < 1.29 is 4.74 Å². The second-order valence-corrected chi connectivity index (χ2v) is 6.47. The minimum atomic E-state index is 0.300. The van der Waals surface area contributed by atoms with E-state index in [4.69, 9.17) is 4.74 Å². The zero-order valence-electron chi connectivity index (χ0n) is 11.2. The molecule has 4 nitrogen and oxygen atoms in total. The lowest BCUT2D eigenvalue weighted by molar-refractivity contribution is -0.00816. The van der Waals surface area contributed by atoms with Crippen LogP contribution in [0.4, 0.5) is 0 Å². The molecule has 2 aromatic rings. The van der Waals surface area contributed by atoms with E-state index in [0.29, 0.717) is 17.2 Å². The van der Waals surface area contributed by atoms with Crippen LogP contribution < -0.4 is 4.74 Å². The third-order valence-corrected chi connectivity index (χ3v) is 5.14. The first-order valence-electron chi connectivity index (χ1n) is 7.16. The molecule has 0 aliphatic carbocycles. The van der Waals surface area contributed by atoms with Crippen molar-refractivity contribution in [3.05, 3.63) is 30.3 Å². The van der Waals surface area contributed by atoms with Gasteiger partial charge in [0.05, 0.1) is 0 Å². The number of aromatic nitrogens is 2.